The van der Waals surface area contributed by atoms with E-state index < -0.39 is 0 Å². The van der Waals surface area contributed by atoms with Gasteiger partial charge in [-0.1, -0.05) is 18.2 Å². The summed E-state index contributed by atoms with van der Waals surface area (Å²) >= 11 is 0. The van der Waals surface area contributed by atoms with Crippen molar-refractivity contribution in [3.8, 4) is 0 Å². The summed E-state index contributed by atoms with van der Waals surface area (Å²) in [5, 5.41) is 3.41. The third-order valence-corrected chi connectivity index (χ3v) is 3.83. The van der Waals surface area contributed by atoms with Gasteiger partial charge in [0.25, 0.3) is 0 Å². The smallest absolute Gasteiger partial charge is 0.227 e. The van der Waals surface area contributed by atoms with Crippen LogP contribution in [0.3, 0.4) is 0 Å². The average Bonchev–Trinajstić information content (AvgIpc) is 2.55. The van der Waals surface area contributed by atoms with E-state index >= 15 is 0 Å². The van der Waals surface area contributed by atoms with Crippen LogP contribution < -0.4 is 15.1 Å². The molecular weight excluding hydrogens is 286 g/mol. The molecule has 0 atom stereocenters. The Morgan fingerprint density at radius 2 is 1.57 bits per heavy atom. The molecule has 1 aromatic carbocycles. The van der Waals surface area contributed by atoms with Crippen LogP contribution in [0.15, 0.2) is 42.6 Å². The number of anilines is 3. The van der Waals surface area contributed by atoms with Gasteiger partial charge in [0, 0.05) is 43.6 Å². The van der Waals surface area contributed by atoms with E-state index in [0.717, 1.165) is 37.9 Å². The monoisotopic (exact) mass is 311 g/mol. The molecule has 1 N–H and O–H groups in total. The SMILES string of the molecule is CC(C)(C)Nc1ccnc(N2CCN(c3ccccc3)CC2)n1. The van der Waals surface area contributed by atoms with Gasteiger partial charge in [0.1, 0.15) is 5.82 Å². The lowest BCUT2D eigenvalue weighted by Crippen LogP contribution is -2.47. The molecule has 0 radical (unpaired) electrons. The van der Waals surface area contributed by atoms with Crippen LogP contribution >= 0.6 is 0 Å². The summed E-state index contributed by atoms with van der Waals surface area (Å²) in [6, 6.07) is 12.5. The number of rotatable bonds is 3. The van der Waals surface area contributed by atoms with Gasteiger partial charge in [0.15, 0.2) is 0 Å². The minimum absolute atomic E-state index is 0.00235. The van der Waals surface area contributed by atoms with Gasteiger partial charge in [-0.2, -0.15) is 4.98 Å². The molecule has 1 aromatic heterocycles. The molecule has 23 heavy (non-hydrogen) atoms. The number of piperazine rings is 1. The molecule has 5 nitrogen and oxygen atoms in total. The van der Waals surface area contributed by atoms with Crippen LogP contribution in [0.25, 0.3) is 0 Å². The van der Waals surface area contributed by atoms with Crippen molar-refractivity contribution >= 4 is 17.5 Å². The van der Waals surface area contributed by atoms with Gasteiger partial charge >= 0.3 is 0 Å². The molecule has 1 aliphatic rings. The molecule has 1 fully saturated rings. The maximum atomic E-state index is 4.66. The Bertz CT molecular complexity index is 627. The van der Waals surface area contributed by atoms with Gasteiger partial charge < -0.3 is 15.1 Å². The fraction of sp³-hybridized carbons (Fsp3) is 0.444. The van der Waals surface area contributed by atoms with E-state index in [9.17, 15) is 0 Å². The van der Waals surface area contributed by atoms with E-state index in [0.29, 0.717) is 0 Å². The Labute approximate surface area is 138 Å². The number of nitrogens with one attached hydrogen (secondary N) is 1. The third kappa shape index (κ3) is 4.12. The van der Waals surface area contributed by atoms with E-state index in [1.54, 1.807) is 0 Å². The highest BCUT2D eigenvalue weighted by Crippen LogP contribution is 2.19. The molecule has 0 spiro atoms. The molecule has 0 saturated carbocycles. The molecule has 0 aliphatic carbocycles. The molecule has 2 aromatic rings. The highest BCUT2D eigenvalue weighted by Gasteiger charge is 2.20. The minimum Gasteiger partial charge on any atom is -0.368 e. The molecule has 1 aliphatic heterocycles. The van der Waals surface area contributed by atoms with E-state index in [1.807, 2.05) is 12.3 Å². The highest BCUT2D eigenvalue weighted by atomic mass is 15.3. The summed E-state index contributed by atoms with van der Waals surface area (Å²) in [5.74, 6) is 1.69. The summed E-state index contributed by atoms with van der Waals surface area (Å²) in [6.45, 7) is 10.3. The topological polar surface area (TPSA) is 44.3 Å². The van der Waals surface area contributed by atoms with Gasteiger partial charge in [-0.3, -0.25) is 0 Å². The van der Waals surface area contributed by atoms with Crippen molar-refractivity contribution < 1.29 is 0 Å². The van der Waals surface area contributed by atoms with Crippen LogP contribution in [0.1, 0.15) is 20.8 Å². The lowest BCUT2D eigenvalue weighted by atomic mass is 10.1. The van der Waals surface area contributed by atoms with Gasteiger partial charge in [-0.15, -0.1) is 0 Å². The van der Waals surface area contributed by atoms with Crippen LogP contribution in [0.5, 0.6) is 0 Å². The van der Waals surface area contributed by atoms with Crippen molar-refractivity contribution in [3.05, 3.63) is 42.6 Å². The molecule has 5 heteroatoms. The Morgan fingerprint density at radius 3 is 2.22 bits per heavy atom. The third-order valence-electron chi connectivity index (χ3n) is 3.83. The maximum absolute atomic E-state index is 4.66. The number of nitrogens with zero attached hydrogens (tertiary/aromatic N) is 4. The highest BCUT2D eigenvalue weighted by molar-refractivity contribution is 5.49. The maximum Gasteiger partial charge on any atom is 0.227 e. The summed E-state index contributed by atoms with van der Waals surface area (Å²) in [7, 11) is 0. The second-order valence-corrected chi connectivity index (χ2v) is 6.93. The normalized spacial score (nSPS) is 15.6. The first-order chi connectivity index (χ1) is 11.0. The van der Waals surface area contributed by atoms with E-state index in [4.69, 9.17) is 0 Å². The van der Waals surface area contributed by atoms with Crippen molar-refractivity contribution in [2.45, 2.75) is 26.3 Å². The predicted molar refractivity (Wildman–Crippen MR) is 96.3 cm³/mol. The fourth-order valence-corrected chi connectivity index (χ4v) is 2.76. The quantitative estimate of drug-likeness (QED) is 0.944. The Balaban J connectivity index is 1.65. The van der Waals surface area contributed by atoms with Crippen molar-refractivity contribution in [2.24, 2.45) is 0 Å². The van der Waals surface area contributed by atoms with Crippen LogP contribution in [0.4, 0.5) is 17.5 Å². The van der Waals surface area contributed by atoms with Crippen molar-refractivity contribution in [3.63, 3.8) is 0 Å². The average molecular weight is 311 g/mol. The Morgan fingerprint density at radius 1 is 0.913 bits per heavy atom. The Hall–Kier alpha value is -2.30. The summed E-state index contributed by atoms with van der Waals surface area (Å²) in [6.07, 6.45) is 1.83. The van der Waals surface area contributed by atoms with Gasteiger partial charge in [0.05, 0.1) is 0 Å². The fourth-order valence-electron chi connectivity index (χ4n) is 2.76. The summed E-state index contributed by atoms with van der Waals surface area (Å²) in [5.41, 5.74) is 1.29. The Kier molecular flexibility index (Phi) is 4.37. The van der Waals surface area contributed by atoms with Crippen molar-refractivity contribution in [1.82, 2.24) is 9.97 Å². The first-order valence-electron chi connectivity index (χ1n) is 8.17. The molecule has 3 rings (SSSR count). The second-order valence-electron chi connectivity index (χ2n) is 6.93. The molecule has 1 saturated heterocycles. The van der Waals surface area contributed by atoms with Crippen LogP contribution in [0, 0.1) is 0 Å². The van der Waals surface area contributed by atoms with Crippen molar-refractivity contribution in [1.29, 1.82) is 0 Å². The number of hydrogen-bond acceptors (Lipinski definition) is 5. The van der Waals surface area contributed by atoms with Crippen LogP contribution in [-0.4, -0.2) is 41.7 Å². The zero-order valence-corrected chi connectivity index (χ0v) is 14.2. The molecule has 2 heterocycles. The van der Waals surface area contributed by atoms with E-state index in [-0.39, 0.29) is 5.54 Å². The zero-order valence-electron chi connectivity index (χ0n) is 14.2. The van der Waals surface area contributed by atoms with E-state index in [1.165, 1.54) is 5.69 Å². The van der Waals surface area contributed by atoms with E-state index in [2.05, 4.69) is 76.2 Å². The standard InChI is InChI=1S/C18H25N5/c1-18(2,3)21-16-9-10-19-17(20-16)23-13-11-22(12-14-23)15-7-5-4-6-8-15/h4-10H,11-14H2,1-3H3,(H,19,20,21). The van der Waals surface area contributed by atoms with Crippen LogP contribution in [-0.2, 0) is 0 Å². The molecule has 0 amide bonds. The van der Waals surface area contributed by atoms with Gasteiger partial charge in [0.2, 0.25) is 5.95 Å². The van der Waals surface area contributed by atoms with Gasteiger partial charge in [-0.05, 0) is 39.0 Å². The number of hydrogen-bond donors (Lipinski definition) is 1. The number of benzene rings is 1. The first-order valence-corrected chi connectivity index (χ1v) is 8.17. The largest absolute Gasteiger partial charge is 0.368 e. The lowest BCUT2D eigenvalue weighted by Gasteiger charge is -2.36. The van der Waals surface area contributed by atoms with Gasteiger partial charge in [-0.25, -0.2) is 4.98 Å². The lowest BCUT2D eigenvalue weighted by molar-refractivity contribution is 0.624. The summed E-state index contributed by atoms with van der Waals surface area (Å²) < 4.78 is 0. The summed E-state index contributed by atoms with van der Waals surface area (Å²) in [4.78, 5) is 13.8. The molecule has 122 valence electrons. The van der Waals surface area contributed by atoms with Crippen molar-refractivity contribution in [2.75, 3.05) is 41.3 Å². The molecule has 0 unspecified atom stereocenters. The molecule has 0 bridgehead atoms. The van der Waals surface area contributed by atoms with Crippen LogP contribution in [0.2, 0.25) is 0 Å². The number of para-hydroxylation sites is 1. The number of aromatic nitrogens is 2. The first kappa shape index (κ1) is 15.6. The molecular formula is C18H25N5. The second kappa shape index (κ2) is 6.44. The minimum atomic E-state index is -0.00235. The zero-order chi connectivity index (χ0) is 16.3. The predicted octanol–water partition coefficient (Wildman–Crippen LogP) is 3.01.